The number of benzene rings is 3. The summed E-state index contributed by atoms with van der Waals surface area (Å²) in [5, 5.41) is 45.4. The maximum atomic E-state index is 13.5. The average molecular weight is 793 g/mol. The van der Waals surface area contributed by atoms with E-state index in [2.05, 4.69) is 26.6 Å². The lowest BCUT2D eigenvalue weighted by atomic mass is 9.91. The molecule has 300 valence electrons. The third kappa shape index (κ3) is 15.8. The molecule has 0 radical (unpaired) electrons. The fraction of sp³-hybridized carbons (Fsp3) is 0.375. The zero-order valence-corrected chi connectivity index (χ0v) is 32.7. The zero-order valence-electron chi connectivity index (χ0n) is 31.9. The number of anilines is 2. The number of nitrogens with zero attached hydrogens (tertiary/aromatic N) is 1. The van der Waals surface area contributed by atoms with E-state index in [0.717, 1.165) is 6.20 Å². The van der Waals surface area contributed by atoms with Crippen LogP contribution in [0.4, 0.5) is 11.4 Å². The van der Waals surface area contributed by atoms with E-state index < -0.39 is 52.7 Å². The first-order valence-corrected chi connectivity index (χ1v) is 18.3. The van der Waals surface area contributed by atoms with Gasteiger partial charge in [-0.1, -0.05) is 82.6 Å². The minimum atomic E-state index is -1.42. The third-order valence-electron chi connectivity index (χ3n) is 8.22. The van der Waals surface area contributed by atoms with Gasteiger partial charge in [0, 0.05) is 35.7 Å². The van der Waals surface area contributed by atoms with Gasteiger partial charge >= 0.3 is 11.9 Å². The maximum Gasteiger partial charge on any atom is 0.326 e. The summed E-state index contributed by atoms with van der Waals surface area (Å²) in [7, 11) is 0. The first-order valence-electron chi connectivity index (χ1n) is 17.9. The van der Waals surface area contributed by atoms with Crippen molar-refractivity contribution in [1.29, 1.82) is 0 Å². The van der Waals surface area contributed by atoms with E-state index in [9.17, 15) is 44.3 Å². The molecule has 3 aromatic carbocycles. The summed E-state index contributed by atoms with van der Waals surface area (Å²) in [6, 6.07) is 16.0. The number of carboxylic acids is 2. The lowest BCUT2D eigenvalue weighted by Crippen LogP contribution is -2.53. The Balaban J connectivity index is 1.68. The second kappa shape index (κ2) is 20.6. The molecule has 7 N–H and O–H groups in total. The smallest absolute Gasteiger partial charge is 0.326 e. The topological polar surface area (TPSA) is 229 Å². The third-order valence-corrected chi connectivity index (χ3v) is 8.47. The van der Waals surface area contributed by atoms with Gasteiger partial charge in [-0.15, -0.1) is 0 Å². The van der Waals surface area contributed by atoms with E-state index in [1.54, 1.807) is 72.8 Å². The van der Waals surface area contributed by atoms with Gasteiger partial charge in [-0.25, -0.2) is 9.59 Å². The number of halogens is 1. The highest BCUT2D eigenvalue weighted by Gasteiger charge is 2.29. The molecule has 0 fully saturated rings. The van der Waals surface area contributed by atoms with Gasteiger partial charge in [0.25, 0.3) is 6.20 Å². The van der Waals surface area contributed by atoms with Gasteiger partial charge in [0.05, 0.1) is 11.3 Å². The summed E-state index contributed by atoms with van der Waals surface area (Å²) in [5.74, 6) is -4.16. The number of carbonyl (C=O) groups excluding carboxylic acids is 3. The molecule has 0 aliphatic heterocycles. The molecule has 0 saturated carbocycles. The number of aliphatic carboxylic acids is 2. The van der Waals surface area contributed by atoms with E-state index in [1.807, 2.05) is 34.6 Å². The molecule has 3 amide bonds. The van der Waals surface area contributed by atoms with Crippen molar-refractivity contribution in [1.82, 2.24) is 16.0 Å². The standard InChI is InChI=1S/C40H49ClN6O9/c1-24(2)18-31(44-35(48)19-25-10-14-29(15-11-25)42-34(23-47(55)56)43-30-16-12-28(41)13-17-30)37(50)46-33(39(53)54)21-27-9-7-6-8-26(27)20-32(38(51)52)45-36(49)22-40(3,4)5/h6-17,23-24,31-33,42-43H,18-22H2,1-5H3,(H,44,48)(H,45,49)(H,46,50)(H,51,52)(H,53,54)/b34-23+. The number of carboxylic acid groups (broad SMARTS) is 2. The maximum absolute atomic E-state index is 13.5. The number of amides is 3. The summed E-state index contributed by atoms with van der Waals surface area (Å²) in [6.07, 6.45) is 0.687. The molecule has 16 heteroatoms. The molecular weight excluding hydrogens is 744 g/mol. The van der Waals surface area contributed by atoms with Crippen LogP contribution in [0.2, 0.25) is 5.02 Å². The molecule has 0 aromatic heterocycles. The molecule has 0 spiro atoms. The van der Waals surface area contributed by atoms with Gasteiger partial charge < -0.3 is 36.8 Å². The second-order valence-corrected chi connectivity index (χ2v) is 15.4. The number of hydrogen-bond acceptors (Lipinski definition) is 9. The summed E-state index contributed by atoms with van der Waals surface area (Å²) >= 11 is 5.92. The van der Waals surface area contributed by atoms with Crippen molar-refractivity contribution >= 4 is 52.6 Å². The average Bonchev–Trinajstić information content (AvgIpc) is 3.08. The van der Waals surface area contributed by atoms with Crippen molar-refractivity contribution in [3.8, 4) is 0 Å². The summed E-state index contributed by atoms with van der Waals surface area (Å²) in [6.45, 7) is 9.28. The minimum Gasteiger partial charge on any atom is -0.480 e. The Morgan fingerprint density at radius 3 is 1.70 bits per heavy atom. The monoisotopic (exact) mass is 792 g/mol. The van der Waals surface area contributed by atoms with Crippen molar-refractivity contribution in [3.63, 3.8) is 0 Å². The SMILES string of the molecule is CC(C)CC(NC(=O)Cc1ccc(N/C(=C\[N+](=O)[O-])Nc2ccc(Cl)cc2)cc1)C(=O)NC(Cc1ccccc1CC(NC(=O)CC(C)(C)C)C(=O)O)C(=O)O. The lowest BCUT2D eigenvalue weighted by molar-refractivity contribution is -0.403. The Morgan fingerprint density at radius 2 is 1.23 bits per heavy atom. The predicted molar refractivity (Wildman–Crippen MR) is 212 cm³/mol. The Labute approximate surface area is 330 Å². The van der Waals surface area contributed by atoms with E-state index >= 15 is 0 Å². The van der Waals surface area contributed by atoms with Gasteiger partial charge in [0.15, 0.2) is 5.82 Å². The predicted octanol–water partition coefficient (Wildman–Crippen LogP) is 5.37. The van der Waals surface area contributed by atoms with Gasteiger partial charge in [-0.05, 0) is 70.8 Å². The first-order chi connectivity index (χ1) is 26.3. The van der Waals surface area contributed by atoms with Crippen LogP contribution in [0.15, 0.2) is 84.8 Å². The fourth-order valence-corrected chi connectivity index (χ4v) is 5.81. The van der Waals surface area contributed by atoms with Crippen molar-refractivity contribution in [2.45, 2.75) is 84.8 Å². The van der Waals surface area contributed by atoms with Crippen LogP contribution in [0.3, 0.4) is 0 Å². The molecule has 3 atom stereocenters. The summed E-state index contributed by atoms with van der Waals surface area (Å²) < 4.78 is 0. The number of nitro groups is 1. The van der Waals surface area contributed by atoms with E-state index in [1.165, 1.54) is 0 Å². The van der Waals surface area contributed by atoms with E-state index in [4.69, 9.17) is 11.6 Å². The van der Waals surface area contributed by atoms with E-state index in [0.29, 0.717) is 33.1 Å². The fourth-order valence-electron chi connectivity index (χ4n) is 5.68. The van der Waals surface area contributed by atoms with Crippen LogP contribution >= 0.6 is 11.6 Å². The molecule has 0 aliphatic carbocycles. The molecule has 3 rings (SSSR count). The molecule has 0 saturated heterocycles. The highest BCUT2D eigenvalue weighted by atomic mass is 35.5. The molecular formula is C40H49ClN6O9. The highest BCUT2D eigenvalue weighted by molar-refractivity contribution is 6.30. The van der Waals surface area contributed by atoms with Gasteiger partial charge in [0.2, 0.25) is 17.7 Å². The number of carbonyl (C=O) groups is 5. The Kier molecular flexibility index (Phi) is 16.4. The number of hydrogen-bond donors (Lipinski definition) is 7. The first kappa shape index (κ1) is 44.4. The summed E-state index contributed by atoms with van der Waals surface area (Å²) in [4.78, 5) is 74.4. The van der Waals surface area contributed by atoms with Gasteiger partial charge in [-0.3, -0.25) is 24.5 Å². The van der Waals surface area contributed by atoms with Crippen molar-refractivity contribution in [2.75, 3.05) is 10.6 Å². The largest absolute Gasteiger partial charge is 0.480 e. The van der Waals surface area contributed by atoms with E-state index in [-0.39, 0.29) is 49.3 Å². The second-order valence-electron chi connectivity index (χ2n) is 15.0. The molecule has 3 unspecified atom stereocenters. The lowest BCUT2D eigenvalue weighted by Gasteiger charge is -2.24. The van der Waals surface area contributed by atoms with Crippen LogP contribution in [0.25, 0.3) is 0 Å². The number of rotatable bonds is 20. The van der Waals surface area contributed by atoms with Crippen LogP contribution in [-0.4, -0.2) is 62.9 Å². The highest BCUT2D eigenvalue weighted by Crippen LogP contribution is 2.20. The minimum absolute atomic E-state index is 0.0512. The van der Waals surface area contributed by atoms with Crippen molar-refractivity contribution < 1.29 is 39.1 Å². The Hall–Kier alpha value is -5.96. The van der Waals surface area contributed by atoms with Crippen LogP contribution < -0.4 is 26.6 Å². The van der Waals surface area contributed by atoms with Crippen LogP contribution in [0.5, 0.6) is 0 Å². The van der Waals surface area contributed by atoms with Crippen molar-refractivity contribution in [2.24, 2.45) is 11.3 Å². The number of nitrogens with one attached hydrogen (secondary N) is 5. The molecule has 15 nitrogen and oxygen atoms in total. The van der Waals surface area contributed by atoms with Crippen LogP contribution in [0, 0.1) is 21.4 Å². The quantitative estimate of drug-likeness (QED) is 0.0568. The molecule has 0 aliphatic rings. The molecule has 56 heavy (non-hydrogen) atoms. The van der Waals surface area contributed by atoms with Crippen LogP contribution in [0.1, 0.15) is 64.2 Å². The summed E-state index contributed by atoms with van der Waals surface area (Å²) in [5.41, 5.74) is 2.24. The molecule has 0 heterocycles. The molecule has 0 bridgehead atoms. The normalized spacial score (nSPS) is 13.2. The zero-order chi connectivity index (χ0) is 41.6. The molecule has 3 aromatic rings. The van der Waals surface area contributed by atoms with Gasteiger partial charge in [-0.2, -0.15) is 0 Å². The van der Waals surface area contributed by atoms with Crippen molar-refractivity contribution in [3.05, 3.63) is 117 Å². The van der Waals surface area contributed by atoms with Crippen LogP contribution in [-0.2, 0) is 43.2 Å². The van der Waals surface area contributed by atoms with Gasteiger partial charge in [0.1, 0.15) is 18.1 Å². The Bertz CT molecular complexity index is 1890. The Morgan fingerprint density at radius 1 is 0.750 bits per heavy atom.